The summed E-state index contributed by atoms with van der Waals surface area (Å²) in [6.45, 7) is 4.18. The molecule has 7 nitrogen and oxygen atoms in total. The molecule has 0 aliphatic rings. The lowest BCUT2D eigenvalue weighted by atomic mass is 10.2. The van der Waals surface area contributed by atoms with Crippen LogP contribution in [0.25, 0.3) is 0 Å². The SMILES string of the molecule is Cc1nn(Cc2ccc(C(=O)Nc3ccn(Cc4c(F)cccc4Cl)n3)o2)c(C)c1Cl. The maximum absolute atomic E-state index is 14.0. The van der Waals surface area contributed by atoms with Crippen molar-refractivity contribution in [1.29, 1.82) is 0 Å². The zero-order valence-corrected chi connectivity index (χ0v) is 18.2. The average molecular weight is 462 g/mol. The van der Waals surface area contributed by atoms with E-state index in [1.807, 2.05) is 13.8 Å². The predicted octanol–water partition coefficient (Wildman–Crippen LogP) is 5.08. The molecule has 160 valence electrons. The van der Waals surface area contributed by atoms with Crippen molar-refractivity contribution < 1.29 is 13.6 Å². The molecule has 0 saturated heterocycles. The summed E-state index contributed by atoms with van der Waals surface area (Å²) in [5, 5.41) is 12.2. The van der Waals surface area contributed by atoms with Crippen molar-refractivity contribution in [2.45, 2.75) is 26.9 Å². The lowest BCUT2D eigenvalue weighted by Crippen LogP contribution is -2.12. The number of aromatic nitrogens is 4. The first kappa shape index (κ1) is 21.1. The quantitative estimate of drug-likeness (QED) is 0.433. The fourth-order valence-electron chi connectivity index (χ4n) is 3.10. The Balaban J connectivity index is 1.42. The molecule has 3 heterocycles. The number of benzene rings is 1. The van der Waals surface area contributed by atoms with Gasteiger partial charge in [0.05, 0.1) is 29.5 Å². The van der Waals surface area contributed by atoms with Gasteiger partial charge in [-0.05, 0) is 38.1 Å². The monoisotopic (exact) mass is 461 g/mol. The first-order valence-electron chi connectivity index (χ1n) is 9.37. The van der Waals surface area contributed by atoms with Crippen LogP contribution >= 0.6 is 23.2 Å². The average Bonchev–Trinajstić information content (AvgIpc) is 3.43. The molecule has 3 aromatic heterocycles. The largest absolute Gasteiger partial charge is 0.454 e. The van der Waals surface area contributed by atoms with E-state index in [0.717, 1.165) is 11.4 Å². The fraction of sp³-hybridized carbons (Fsp3) is 0.190. The van der Waals surface area contributed by atoms with Gasteiger partial charge in [0.25, 0.3) is 5.91 Å². The molecule has 0 radical (unpaired) electrons. The second kappa shape index (κ2) is 8.56. The van der Waals surface area contributed by atoms with Gasteiger partial charge in [0.1, 0.15) is 11.6 Å². The van der Waals surface area contributed by atoms with Crippen LogP contribution in [0.15, 0.2) is 47.0 Å². The van der Waals surface area contributed by atoms with Gasteiger partial charge in [-0.1, -0.05) is 29.3 Å². The minimum absolute atomic E-state index is 0.134. The van der Waals surface area contributed by atoms with E-state index in [1.54, 1.807) is 35.1 Å². The number of furan rings is 1. The van der Waals surface area contributed by atoms with Crippen LogP contribution in [0.5, 0.6) is 0 Å². The zero-order valence-electron chi connectivity index (χ0n) is 16.7. The Bertz CT molecular complexity index is 1240. The number of aryl methyl sites for hydroxylation is 1. The maximum atomic E-state index is 14.0. The molecule has 0 bridgehead atoms. The molecule has 0 atom stereocenters. The van der Waals surface area contributed by atoms with Gasteiger partial charge in [0.15, 0.2) is 11.6 Å². The summed E-state index contributed by atoms with van der Waals surface area (Å²) in [6, 6.07) is 9.38. The standard InChI is InChI=1S/C21H18Cl2FN5O2/c1-12-20(23)13(2)29(26-12)10-14-6-7-18(31-14)21(30)25-19-8-9-28(27-19)11-15-16(22)4-3-5-17(15)24/h3-9H,10-11H2,1-2H3,(H,25,27,30). The van der Waals surface area contributed by atoms with Crippen molar-refractivity contribution in [1.82, 2.24) is 19.6 Å². The van der Waals surface area contributed by atoms with Crippen LogP contribution in [0.1, 0.15) is 33.3 Å². The Kier molecular flexibility index (Phi) is 5.84. The first-order chi connectivity index (χ1) is 14.8. The molecule has 0 spiro atoms. The predicted molar refractivity (Wildman–Crippen MR) is 115 cm³/mol. The van der Waals surface area contributed by atoms with E-state index < -0.39 is 11.7 Å². The van der Waals surface area contributed by atoms with Crippen LogP contribution in [-0.2, 0) is 13.1 Å². The van der Waals surface area contributed by atoms with Crippen LogP contribution in [0.3, 0.4) is 0 Å². The number of hydrogen-bond acceptors (Lipinski definition) is 4. The topological polar surface area (TPSA) is 77.9 Å². The number of hydrogen-bond donors (Lipinski definition) is 1. The van der Waals surface area contributed by atoms with Crippen LogP contribution in [0.2, 0.25) is 10.0 Å². The molecule has 0 aliphatic carbocycles. The number of amides is 1. The normalized spacial score (nSPS) is 11.1. The molecule has 31 heavy (non-hydrogen) atoms. The van der Waals surface area contributed by atoms with E-state index in [9.17, 15) is 9.18 Å². The second-order valence-electron chi connectivity index (χ2n) is 6.96. The fourth-order valence-corrected chi connectivity index (χ4v) is 3.46. The van der Waals surface area contributed by atoms with Gasteiger partial charge in [-0.2, -0.15) is 10.2 Å². The van der Waals surface area contributed by atoms with Gasteiger partial charge in [-0.3, -0.25) is 14.2 Å². The van der Waals surface area contributed by atoms with E-state index in [4.69, 9.17) is 27.6 Å². The molecule has 0 unspecified atom stereocenters. The van der Waals surface area contributed by atoms with Crippen molar-refractivity contribution >= 4 is 34.9 Å². The molecule has 4 aromatic rings. The number of carbonyl (C=O) groups is 1. The summed E-state index contributed by atoms with van der Waals surface area (Å²) in [5.74, 6) is 0.134. The summed E-state index contributed by atoms with van der Waals surface area (Å²) >= 11 is 12.2. The lowest BCUT2D eigenvalue weighted by molar-refractivity contribution is 0.0994. The first-order valence-corrected chi connectivity index (χ1v) is 10.1. The number of nitrogens with zero attached hydrogens (tertiary/aromatic N) is 4. The number of nitrogens with one attached hydrogen (secondary N) is 1. The highest BCUT2D eigenvalue weighted by Crippen LogP contribution is 2.22. The second-order valence-corrected chi connectivity index (χ2v) is 7.75. The lowest BCUT2D eigenvalue weighted by Gasteiger charge is -2.06. The molecule has 0 saturated carbocycles. The minimum atomic E-state index is -0.452. The molecule has 0 aliphatic heterocycles. The van der Waals surface area contributed by atoms with Gasteiger partial charge < -0.3 is 9.73 Å². The number of carbonyl (C=O) groups excluding carboxylic acids is 1. The third kappa shape index (κ3) is 4.50. The Hall–Kier alpha value is -3.10. The molecule has 0 fully saturated rings. The number of halogens is 3. The summed E-state index contributed by atoms with van der Waals surface area (Å²) in [5.41, 5.74) is 1.88. The smallest absolute Gasteiger partial charge is 0.292 e. The van der Waals surface area contributed by atoms with Crippen LogP contribution in [0, 0.1) is 19.7 Å². The summed E-state index contributed by atoms with van der Waals surface area (Å²) < 4.78 is 22.8. The molecular weight excluding hydrogens is 444 g/mol. The molecule has 10 heteroatoms. The number of anilines is 1. The van der Waals surface area contributed by atoms with E-state index in [2.05, 4.69) is 15.5 Å². The highest BCUT2D eigenvalue weighted by Gasteiger charge is 2.16. The highest BCUT2D eigenvalue weighted by molar-refractivity contribution is 6.32. The van der Waals surface area contributed by atoms with Gasteiger partial charge in [-0.25, -0.2) is 4.39 Å². The Morgan fingerprint density at radius 1 is 1.13 bits per heavy atom. The van der Waals surface area contributed by atoms with Gasteiger partial charge in [0, 0.05) is 22.8 Å². The van der Waals surface area contributed by atoms with Crippen LogP contribution in [-0.4, -0.2) is 25.5 Å². The van der Waals surface area contributed by atoms with Gasteiger partial charge >= 0.3 is 0 Å². The molecular formula is C21H18Cl2FN5O2. The zero-order chi connectivity index (χ0) is 22.1. The third-order valence-electron chi connectivity index (χ3n) is 4.75. The van der Waals surface area contributed by atoms with E-state index >= 15 is 0 Å². The van der Waals surface area contributed by atoms with Crippen molar-refractivity contribution in [3.05, 3.63) is 86.9 Å². The minimum Gasteiger partial charge on any atom is -0.454 e. The Morgan fingerprint density at radius 3 is 2.65 bits per heavy atom. The van der Waals surface area contributed by atoms with E-state index in [-0.39, 0.29) is 12.3 Å². The van der Waals surface area contributed by atoms with Crippen LogP contribution < -0.4 is 5.32 Å². The Labute approximate surface area is 187 Å². The summed E-state index contributed by atoms with van der Waals surface area (Å²) in [4.78, 5) is 12.5. The molecule has 1 aromatic carbocycles. The maximum Gasteiger partial charge on any atom is 0.292 e. The molecule has 4 rings (SSSR count). The summed E-state index contributed by atoms with van der Waals surface area (Å²) in [7, 11) is 0. The molecule has 1 N–H and O–H groups in total. The van der Waals surface area contributed by atoms with E-state index in [0.29, 0.717) is 33.7 Å². The Morgan fingerprint density at radius 2 is 1.94 bits per heavy atom. The highest BCUT2D eigenvalue weighted by atomic mass is 35.5. The van der Waals surface area contributed by atoms with Gasteiger partial charge in [0.2, 0.25) is 0 Å². The van der Waals surface area contributed by atoms with E-state index in [1.165, 1.54) is 16.8 Å². The van der Waals surface area contributed by atoms with Crippen molar-refractivity contribution in [3.8, 4) is 0 Å². The van der Waals surface area contributed by atoms with Gasteiger partial charge in [-0.15, -0.1) is 0 Å². The van der Waals surface area contributed by atoms with Crippen molar-refractivity contribution in [3.63, 3.8) is 0 Å². The van der Waals surface area contributed by atoms with Crippen LogP contribution in [0.4, 0.5) is 10.2 Å². The van der Waals surface area contributed by atoms with Crippen molar-refractivity contribution in [2.75, 3.05) is 5.32 Å². The number of rotatable bonds is 6. The molecule has 1 amide bonds. The summed E-state index contributed by atoms with van der Waals surface area (Å²) in [6.07, 6.45) is 1.62. The third-order valence-corrected chi connectivity index (χ3v) is 5.65. The van der Waals surface area contributed by atoms with Crippen molar-refractivity contribution in [2.24, 2.45) is 0 Å².